The normalized spacial score (nSPS) is 16.3. The number of aliphatic hydroxyl groups excluding tert-OH is 1. The molecule has 8 heteroatoms. The molecule has 8 nitrogen and oxygen atoms in total. The molecule has 0 spiro atoms. The molecule has 0 saturated carbocycles. The summed E-state index contributed by atoms with van der Waals surface area (Å²) in [6.45, 7) is 3.71. The van der Waals surface area contributed by atoms with Crippen molar-refractivity contribution < 1.29 is 5.11 Å². The van der Waals surface area contributed by atoms with Crippen molar-refractivity contribution in [2.45, 2.75) is 31.9 Å². The summed E-state index contributed by atoms with van der Waals surface area (Å²) in [7, 11) is 0. The molecule has 140 valence electrons. The highest BCUT2D eigenvalue weighted by molar-refractivity contribution is 5.44. The highest BCUT2D eigenvalue weighted by atomic mass is 16.3. The standard InChI is InChI=1S/C19H23N7O/c1-14(15-2-4-16(5-3-15)26-13-20-12-22-26)23-19-21-9-6-18(24-19)25-10-7-17(27)8-11-25/h2-6,9,12-14,17,27H,7-8,10-11H2,1H3,(H,21,23,24). The number of aromatic nitrogens is 5. The van der Waals surface area contributed by atoms with Crippen molar-refractivity contribution in [3.63, 3.8) is 0 Å². The van der Waals surface area contributed by atoms with Gasteiger partial charge in [-0.1, -0.05) is 12.1 Å². The summed E-state index contributed by atoms with van der Waals surface area (Å²) < 4.78 is 1.73. The third-order valence-electron chi connectivity index (χ3n) is 4.85. The van der Waals surface area contributed by atoms with E-state index in [2.05, 4.69) is 49.3 Å². The number of benzene rings is 1. The van der Waals surface area contributed by atoms with Gasteiger partial charge < -0.3 is 15.3 Å². The Hall–Kier alpha value is -3.00. The average molecular weight is 365 g/mol. The first-order valence-electron chi connectivity index (χ1n) is 9.16. The first kappa shape index (κ1) is 17.4. The fraction of sp³-hybridized carbons (Fsp3) is 0.368. The predicted octanol–water partition coefficient (Wildman–Crippen LogP) is 2.19. The summed E-state index contributed by atoms with van der Waals surface area (Å²) in [4.78, 5) is 15.2. The maximum atomic E-state index is 9.67. The number of rotatable bonds is 5. The van der Waals surface area contributed by atoms with Crippen LogP contribution in [0.15, 0.2) is 49.2 Å². The second-order valence-electron chi connectivity index (χ2n) is 6.75. The van der Waals surface area contributed by atoms with Gasteiger partial charge in [-0.25, -0.2) is 14.6 Å². The number of piperidine rings is 1. The number of aliphatic hydroxyl groups is 1. The molecule has 0 aliphatic carbocycles. The molecule has 0 bridgehead atoms. The van der Waals surface area contributed by atoms with Crippen molar-refractivity contribution in [2.24, 2.45) is 0 Å². The van der Waals surface area contributed by atoms with E-state index in [0.717, 1.165) is 43.0 Å². The second kappa shape index (κ2) is 7.71. The lowest BCUT2D eigenvalue weighted by molar-refractivity contribution is 0.145. The van der Waals surface area contributed by atoms with E-state index in [4.69, 9.17) is 0 Å². The molecule has 3 aromatic rings. The van der Waals surface area contributed by atoms with E-state index in [-0.39, 0.29) is 12.1 Å². The van der Waals surface area contributed by atoms with Crippen molar-refractivity contribution >= 4 is 11.8 Å². The Morgan fingerprint density at radius 2 is 1.93 bits per heavy atom. The molecule has 1 saturated heterocycles. The van der Waals surface area contributed by atoms with Crippen LogP contribution >= 0.6 is 0 Å². The van der Waals surface area contributed by atoms with E-state index in [1.807, 2.05) is 18.2 Å². The number of anilines is 2. The van der Waals surface area contributed by atoms with Crippen LogP contribution in [0.2, 0.25) is 0 Å². The van der Waals surface area contributed by atoms with Crippen molar-refractivity contribution in [2.75, 3.05) is 23.3 Å². The quantitative estimate of drug-likeness (QED) is 0.716. The number of hydrogen-bond donors (Lipinski definition) is 2. The zero-order chi connectivity index (χ0) is 18.6. The fourth-order valence-electron chi connectivity index (χ4n) is 3.22. The van der Waals surface area contributed by atoms with Crippen LogP contribution in [0.1, 0.15) is 31.4 Å². The lowest BCUT2D eigenvalue weighted by atomic mass is 10.1. The Bertz CT molecular complexity index is 858. The maximum Gasteiger partial charge on any atom is 0.225 e. The molecule has 1 aromatic carbocycles. The van der Waals surface area contributed by atoms with Crippen LogP contribution in [-0.4, -0.2) is 49.0 Å². The van der Waals surface area contributed by atoms with Gasteiger partial charge in [-0.05, 0) is 43.5 Å². The van der Waals surface area contributed by atoms with Gasteiger partial charge >= 0.3 is 0 Å². The third-order valence-corrected chi connectivity index (χ3v) is 4.85. The minimum atomic E-state index is -0.193. The van der Waals surface area contributed by atoms with Crippen LogP contribution < -0.4 is 10.2 Å². The monoisotopic (exact) mass is 365 g/mol. The molecule has 1 fully saturated rings. The van der Waals surface area contributed by atoms with E-state index in [1.165, 1.54) is 6.33 Å². The summed E-state index contributed by atoms with van der Waals surface area (Å²) in [6.07, 6.45) is 6.33. The van der Waals surface area contributed by atoms with Crippen LogP contribution in [0, 0.1) is 0 Å². The number of nitrogens with zero attached hydrogens (tertiary/aromatic N) is 6. The van der Waals surface area contributed by atoms with Crippen LogP contribution in [0.25, 0.3) is 5.69 Å². The van der Waals surface area contributed by atoms with Gasteiger partial charge in [-0.15, -0.1) is 0 Å². The Kier molecular flexibility index (Phi) is 4.97. The third kappa shape index (κ3) is 4.06. The molecule has 0 radical (unpaired) electrons. The molecule has 2 N–H and O–H groups in total. The van der Waals surface area contributed by atoms with Crippen LogP contribution in [0.4, 0.5) is 11.8 Å². The Balaban J connectivity index is 1.43. The molecule has 2 aromatic heterocycles. The van der Waals surface area contributed by atoms with Gasteiger partial charge in [0, 0.05) is 19.3 Å². The van der Waals surface area contributed by atoms with Gasteiger partial charge in [0.05, 0.1) is 17.8 Å². The first-order chi connectivity index (χ1) is 13.2. The van der Waals surface area contributed by atoms with Gasteiger partial charge in [0.25, 0.3) is 0 Å². The largest absolute Gasteiger partial charge is 0.393 e. The molecular weight excluding hydrogens is 342 g/mol. The molecule has 1 atom stereocenters. The van der Waals surface area contributed by atoms with E-state index in [1.54, 1.807) is 17.2 Å². The minimum absolute atomic E-state index is 0.0632. The molecule has 27 heavy (non-hydrogen) atoms. The molecule has 0 amide bonds. The summed E-state index contributed by atoms with van der Waals surface area (Å²) in [5.74, 6) is 1.50. The van der Waals surface area contributed by atoms with Crippen molar-refractivity contribution in [1.82, 2.24) is 24.7 Å². The molecular formula is C19H23N7O. The fourth-order valence-corrected chi connectivity index (χ4v) is 3.22. The van der Waals surface area contributed by atoms with Crippen LogP contribution in [0.3, 0.4) is 0 Å². The maximum absolute atomic E-state index is 9.67. The van der Waals surface area contributed by atoms with Gasteiger partial charge in [0.2, 0.25) is 5.95 Å². The van der Waals surface area contributed by atoms with Gasteiger partial charge in [-0.2, -0.15) is 10.1 Å². The van der Waals surface area contributed by atoms with E-state index >= 15 is 0 Å². The van der Waals surface area contributed by atoms with Crippen molar-refractivity contribution in [3.05, 3.63) is 54.7 Å². The SMILES string of the molecule is CC(Nc1nccc(N2CCC(O)CC2)n1)c1ccc(-n2cncn2)cc1. The first-order valence-corrected chi connectivity index (χ1v) is 9.16. The average Bonchev–Trinajstić information content (AvgIpc) is 3.24. The molecule has 1 unspecified atom stereocenters. The number of nitrogens with one attached hydrogen (secondary N) is 1. The molecule has 1 aliphatic rings. The zero-order valence-electron chi connectivity index (χ0n) is 15.2. The molecule has 1 aliphatic heterocycles. The highest BCUT2D eigenvalue weighted by Gasteiger charge is 2.18. The van der Waals surface area contributed by atoms with Gasteiger partial charge in [-0.3, -0.25) is 0 Å². The number of hydrogen-bond acceptors (Lipinski definition) is 7. The van der Waals surface area contributed by atoms with Crippen molar-refractivity contribution in [3.8, 4) is 5.69 Å². The van der Waals surface area contributed by atoms with E-state index < -0.39 is 0 Å². The van der Waals surface area contributed by atoms with Crippen LogP contribution in [-0.2, 0) is 0 Å². The smallest absolute Gasteiger partial charge is 0.225 e. The summed E-state index contributed by atoms with van der Waals surface area (Å²) in [5.41, 5.74) is 2.10. The van der Waals surface area contributed by atoms with E-state index in [9.17, 15) is 5.11 Å². The second-order valence-corrected chi connectivity index (χ2v) is 6.75. The zero-order valence-corrected chi connectivity index (χ0v) is 15.2. The Labute approximate surface area is 157 Å². The Morgan fingerprint density at radius 1 is 1.15 bits per heavy atom. The lowest BCUT2D eigenvalue weighted by Crippen LogP contribution is -2.36. The van der Waals surface area contributed by atoms with Gasteiger partial charge in [0.15, 0.2) is 0 Å². The van der Waals surface area contributed by atoms with Gasteiger partial charge in [0.1, 0.15) is 18.5 Å². The summed E-state index contributed by atoms with van der Waals surface area (Å²) in [5, 5.41) is 17.2. The summed E-state index contributed by atoms with van der Waals surface area (Å²) >= 11 is 0. The highest BCUT2D eigenvalue weighted by Crippen LogP contribution is 2.22. The lowest BCUT2D eigenvalue weighted by Gasteiger charge is -2.30. The summed E-state index contributed by atoms with van der Waals surface area (Å²) in [6, 6.07) is 10.1. The topological polar surface area (TPSA) is 92.0 Å². The predicted molar refractivity (Wildman–Crippen MR) is 103 cm³/mol. The van der Waals surface area contributed by atoms with E-state index in [0.29, 0.717) is 5.95 Å². The Morgan fingerprint density at radius 3 is 2.63 bits per heavy atom. The minimum Gasteiger partial charge on any atom is -0.393 e. The molecule has 3 heterocycles. The molecule has 4 rings (SSSR count). The van der Waals surface area contributed by atoms with Crippen molar-refractivity contribution in [1.29, 1.82) is 0 Å². The van der Waals surface area contributed by atoms with Crippen LogP contribution in [0.5, 0.6) is 0 Å².